The van der Waals surface area contributed by atoms with Crippen LogP contribution in [0.2, 0.25) is 0 Å². The molecule has 37 heavy (non-hydrogen) atoms. The minimum absolute atomic E-state index is 0.0901. The maximum absolute atomic E-state index is 16.5. The lowest BCUT2D eigenvalue weighted by molar-refractivity contribution is 0.135. The Kier molecular flexibility index (Phi) is 5.71. The Balaban J connectivity index is 1.55. The Morgan fingerprint density at radius 2 is 2.00 bits per heavy atom. The van der Waals surface area contributed by atoms with Crippen LogP contribution in [0.15, 0.2) is 12.4 Å². The quantitative estimate of drug-likeness (QED) is 0.404. The minimum atomic E-state index is -0.608. The number of anilines is 2. The molecule has 11 heteroatoms. The third-order valence-corrected chi connectivity index (χ3v) is 8.20. The van der Waals surface area contributed by atoms with Crippen LogP contribution in [0.1, 0.15) is 37.5 Å². The van der Waals surface area contributed by atoms with Crippen molar-refractivity contribution in [1.82, 2.24) is 20.3 Å². The van der Waals surface area contributed by atoms with Gasteiger partial charge in [-0.2, -0.15) is 5.26 Å². The lowest BCUT2D eigenvalue weighted by Crippen LogP contribution is -2.39. The number of nitrogens with two attached hydrogens (primary N) is 1. The number of hydrogen-bond acceptors (Lipinski definition) is 9. The maximum Gasteiger partial charge on any atom is 0.226 e. The van der Waals surface area contributed by atoms with E-state index in [0.29, 0.717) is 35.4 Å². The molecular formula is C26H25F2N7OS. The fourth-order valence-electron chi connectivity index (χ4n) is 5.47. The van der Waals surface area contributed by atoms with Gasteiger partial charge in [-0.15, -0.1) is 11.3 Å². The predicted octanol–water partition coefficient (Wildman–Crippen LogP) is 4.49. The first-order valence-corrected chi connectivity index (χ1v) is 13.0. The van der Waals surface area contributed by atoms with Crippen LogP contribution in [0.4, 0.5) is 19.7 Å². The molecule has 0 spiro atoms. The molecule has 3 aromatic heterocycles. The third kappa shape index (κ3) is 3.70. The normalized spacial score (nSPS) is 19.3. The van der Waals surface area contributed by atoms with E-state index >= 15 is 4.39 Å². The lowest BCUT2D eigenvalue weighted by Gasteiger charge is -2.20. The van der Waals surface area contributed by atoms with Gasteiger partial charge in [0.15, 0.2) is 11.6 Å². The number of aromatic nitrogens is 3. The molecule has 0 amide bonds. The highest BCUT2D eigenvalue weighted by molar-refractivity contribution is 7.23. The Hall–Kier alpha value is -3.46. The monoisotopic (exact) mass is 521 g/mol. The van der Waals surface area contributed by atoms with E-state index in [9.17, 15) is 9.65 Å². The van der Waals surface area contributed by atoms with Crippen LogP contribution in [-0.2, 0) is 18.0 Å². The van der Waals surface area contributed by atoms with E-state index in [2.05, 4.69) is 45.9 Å². The summed E-state index contributed by atoms with van der Waals surface area (Å²) in [5.74, 6) is -0.379. The van der Waals surface area contributed by atoms with E-state index in [0.717, 1.165) is 29.6 Å². The molecule has 190 valence electrons. The number of nitrogens with one attached hydrogen (secondary N) is 1. The molecular weight excluding hydrogens is 496 g/mol. The van der Waals surface area contributed by atoms with E-state index < -0.39 is 11.6 Å². The molecule has 6 rings (SSSR count). The number of nitrogens with zero attached hydrogens (tertiary/aromatic N) is 5. The number of benzene rings is 1. The largest absolute Gasteiger partial charge is 0.389 e. The number of thiophene rings is 1. The molecule has 5 heterocycles. The van der Waals surface area contributed by atoms with E-state index in [1.54, 1.807) is 6.20 Å². The maximum atomic E-state index is 16.5. The molecule has 0 aliphatic carbocycles. The summed E-state index contributed by atoms with van der Waals surface area (Å²) in [6.07, 6.45) is 2.70. The molecule has 0 radical (unpaired) electrons. The van der Waals surface area contributed by atoms with Crippen molar-refractivity contribution in [2.24, 2.45) is 5.92 Å². The number of fused-ring (bicyclic) bond motifs is 4. The standard InChI is InChI=1S/C26H25F2N7OS/c1-11(2)33-18-8-35(7-12(18)3)26-32-5-14-15-9-36-10-16(15)19(21(28)22(14)34-26)23-20-13(4-29)25(30)37-24(20)17(27)6-31-23/h5-6,11-12,18,33H,7-10,30H2,1-3H3/t12-,18+/m0/s1. The zero-order valence-corrected chi connectivity index (χ0v) is 21.4. The summed E-state index contributed by atoms with van der Waals surface area (Å²) in [6.45, 7) is 8.29. The van der Waals surface area contributed by atoms with Gasteiger partial charge in [-0.1, -0.05) is 20.8 Å². The second-order valence-electron chi connectivity index (χ2n) is 9.99. The first-order valence-electron chi connectivity index (χ1n) is 12.1. The minimum Gasteiger partial charge on any atom is -0.389 e. The summed E-state index contributed by atoms with van der Waals surface area (Å²) in [5.41, 5.74) is 7.96. The van der Waals surface area contributed by atoms with Crippen LogP contribution < -0.4 is 16.0 Å². The lowest BCUT2D eigenvalue weighted by atomic mass is 9.94. The zero-order chi connectivity index (χ0) is 26.0. The molecule has 1 fully saturated rings. The van der Waals surface area contributed by atoms with Crippen LogP contribution >= 0.6 is 11.3 Å². The second kappa shape index (κ2) is 8.83. The average molecular weight is 522 g/mol. The molecule has 0 saturated carbocycles. The van der Waals surface area contributed by atoms with Crippen LogP contribution in [0.25, 0.3) is 32.2 Å². The van der Waals surface area contributed by atoms with Gasteiger partial charge in [0, 0.05) is 47.7 Å². The molecule has 3 N–H and O–H groups in total. The van der Waals surface area contributed by atoms with Gasteiger partial charge in [0.25, 0.3) is 0 Å². The van der Waals surface area contributed by atoms with Gasteiger partial charge in [0.2, 0.25) is 5.95 Å². The van der Waals surface area contributed by atoms with Crippen LogP contribution in [0.3, 0.4) is 0 Å². The van der Waals surface area contributed by atoms with Crippen LogP contribution in [0, 0.1) is 28.9 Å². The molecule has 1 saturated heterocycles. The van der Waals surface area contributed by atoms with Gasteiger partial charge in [0.1, 0.15) is 16.6 Å². The number of halogens is 2. The Morgan fingerprint density at radius 3 is 2.76 bits per heavy atom. The molecule has 0 bridgehead atoms. The number of ether oxygens (including phenoxy) is 1. The van der Waals surface area contributed by atoms with E-state index in [-0.39, 0.29) is 56.7 Å². The third-order valence-electron chi connectivity index (χ3n) is 7.17. The summed E-state index contributed by atoms with van der Waals surface area (Å²) in [6, 6.07) is 2.66. The molecule has 0 unspecified atom stereocenters. The van der Waals surface area contributed by atoms with Crippen molar-refractivity contribution in [3.05, 3.63) is 40.7 Å². The van der Waals surface area contributed by atoms with Gasteiger partial charge in [-0.3, -0.25) is 4.98 Å². The van der Waals surface area contributed by atoms with Crippen LogP contribution in [0.5, 0.6) is 0 Å². The highest BCUT2D eigenvalue weighted by Gasteiger charge is 2.33. The smallest absolute Gasteiger partial charge is 0.226 e. The average Bonchev–Trinajstić information content (AvgIpc) is 3.57. The number of pyridine rings is 1. The van der Waals surface area contributed by atoms with E-state index in [1.165, 1.54) is 0 Å². The van der Waals surface area contributed by atoms with Gasteiger partial charge in [0.05, 0.1) is 35.4 Å². The summed E-state index contributed by atoms with van der Waals surface area (Å²) in [7, 11) is 0. The van der Waals surface area contributed by atoms with Crippen molar-refractivity contribution in [2.75, 3.05) is 23.7 Å². The van der Waals surface area contributed by atoms with Crippen molar-refractivity contribution in [2.45, 2.75) is 46.1 Å². The highest BCUT2D eigenvalue weighted by atomic mass is 32.1. The van der Waals surface area contributed by atoms with Crippen molar-refractivity contribution < 1.29 is 13.5 Å². The van der Waals surface area contributed by atoms with Crippen molar-refractivity contribution in [3.8, 4) is 17.3 Å². The van der Waals surface area contributed by atoms with E-state index in [4.69, 9.17) is 10.5 Å². The summed E-state index contributed by atoms with van der Waals surface area (Å²) in [4.78, 5) is 15.6. The molecule has 8 nitrogen and oxygen atoms in total. The number of nitrogen functional groups attached to an aromatic ring is 1. The summed E-state index contributed by atoms with van der Waals surface area (Å²) < 4.78 is 37.0. The fraction of sp³-hybridized carbons (Fsp3) is 0.385. The van der Waals surface area contributed by atoms with Gasteiger partial charge in [-0.25, -0.2) is 18.7 Å². The van der Waals surface area contributed by atoms with Gasteiger partial charge in [-0.05, 0) is 17.0 Å². The topological polar surface area (TPSA) is 113 Å². The van der Waals surface area contributed by atoms with Gasteiger partial charge < -0.3 is 20.7 Å². The second-order valence-corrected chi connectivity index (χ2v) is 11.0. The van der Waals surface area contributed by atoms with Gasteiger partial charge >= 0.3 is 0 Å². The van der Waals surface area contributed by atoms with Crippen molar-refractivity contribution in [1.29, 1.82) is 5.26 Å². The zero-order valence-electron chi connectivity index (χ0n) is 20.6. The van der Waals surface area contributed by atoms with Crippen LogP contribution in [-0.4, -0.2) is 40.1 Å². The van der Waals surface area contributed by atoms with E-state index in [1.807, 2.05) is 6.07 Å². The fourth-order valence-corrected chi connectivity index (χ4v) is 6.39. The first-order chi connectivity index (χ1) is 17.8. The molecule has 4 aromatic rings. The first kappa shape index (κ1) is 23.9. The predicted molar refractivity (Wildman–Crippen MR) is 139 cm³/mol. The molecule has 1 aromatic carbocycles. The van der Waals surface area contributed by atoms with Crippen molar-refractivity contribution in [3.63, 3.8) is 0 Å². The molecule has 2 aliphatic heterocycles. The Morgan fingerprint density at radius 1 is 1.22 bits per heavy atom. The number of nitriles is 1. The Labute approximate surface area is 216 Å². The summed E-state index contributed by atoms with van der Waals surface area (Å²) in [5, 5.41) is 14.3. The number of rotatable bonds is 4. The number of hydrogen-bond donors (Lipinski definition) is 2. The summed E-state index contributed by atoms with van der Waals surface area (Å²) >= 11 is 0.954. The van der Waals surface area contributed by atoms with Crippen molar-refractivity contribution >= 4 is 43.3 Å². The molecule has 2 aliphatic rings. The highest BCUT2D eigenvalue weighted by Crippen LogP contribution is 2.45. The Bertz CT molecular complexity index is 1610. The SMILES string of the molecule is CC(C)N[C@@H]1CN(c2ncc3c4c(c(-c5ncc(F)c6sc(N)c(C#N)c56)c(F)c3n2)COC4)C[C@@H]1C. The molecule has 2 atom stereocenters.